The van der Waals surface area contributed by atoms with Crippen LogP contribution in [0.2, 0.25) is 5.02 Å². The van der Waals surface area contributed by atoms with Crippen molar-refractivity contribution in [1.82, 2.24) is 0 Å². The van der Waals surface area contributed by atoms with Crippen molar-refractivity contribution in [2.45, 2.75) is 19.3 Å². The molecule has 2 atom stereocenters. The number of carbonyl (C=O) groups is 2. The van der Waals surface area contributed by atoms with Crippen molar-refractivity contribution < 1.29 is 14.7 Å². The minimum Gasteiger partial charge on any atom is -0.478 e. The average molecular weight is 297 g/mol. The Kier molecular flexibility index (Phi) is 4.62. The van der Waals surface area contributed by atoms with Crippen LogP contribution < -0.4 is 11.1 Å². The fourth-order valence-corrected chi connectivity index (χ4v) is 2.86. The van der Waals surface area contributed by atoms with E-state index in [1.807, 2.05) is 0 Å². The van der Waals surface area contributed by atoms with E-state index in [9.17, 15) is 9.59 Å². The molecule has 5 nitrogen and oxygen atoms in total. The van der Waals surface area contributed by atoms with E-state index in [4.69, 9.17) is 22.4 Å². The molecule has 1 saturated carbocycles. The summed E-state index contributed by atoms with van der Waals surface area (Å²) in [4.78, 5) is 23.2. The predicted octanol–water partition coefficient (Wildman–Crippen LogP) is 2.35. The van der Waals surface area contributed by atoms with Gasteiger partial charge in [0.15, 0.2) is 0 Å². The highest BCUT2D eigenvalue weighted by molar-refractivity contribution is 6.33. The minimum atomic E-state index is -1.12. The van der Waals surface area contributed by atoms with E-state index in [0.717, 1.165) is 19.3 Å². The van der Waals surface area contributed by atoms with Gasteiger partial charge in [0.2, 0.25) is 5.91 Å². The summed E-state index contributed by atoms with van der Waals surface area (Å²) in [6.07, 6.45) is 2.80. The van der Waals surface area contributed by atoms with E-state index >= 15 is 0 Å². The summed E-state index contributed by atoms with van der Waals surface area (Å²) >= 11 is 5.79. The van der Waals surface area contributed by atoms with Crippen molar-refractivity contribution in [3.63, 3.8) is 0 Å². The molecular formula is C14H17ClN2O3. The molecule has 6 heteroatoms. The highest BCUT2D eigenvalue weighted by atomic mass is 35.5. The van der Waals surface area contributed by atoms with Crippen LogP contribution in [0.4, 0.5) is 5.69 Å². The van der Waals surface area contributed by atoms with Gasteiger partial charge in [-0.05, 0) is 43.5 Å². The fourth-order valence-electron chi connectivity index (χ4n) is 2.67. The zero-order valence-corrected chi connectivity index (χ0v) is 11.7. The molecule has 1 amide bonds. The molecule has 1 fully saturated rings. The molecule has 108 valence electrons. The van der Waals surface area contributed by atoms with Gasteiger partial charge >= 0.3 is 5.97 Å². The third kappa shape index (κ3) is 3.11. The molecule has 20 heavy (non-hydrogen) atoms. The Balaban J connectivity index is 2.12. The molecule has 1 aliphatic rings. The molecule has 0 saturated heterocycles. The lowest BCUT2D eigenvalue weighted by Crippen LogP contribution is -2.29. The third-order valence-electron chi connectivity index (χ3n) is 3.76. The Hall–Kier alpha value is -1.59. The molecule has 0 heterocycles. The van der Waals surface area contributed by atoms with Crippen molar-refractivity contribution >= 4 is 29.2 Å². The Morgan fingerprint density at radius 3 is 2.80 bits per heavy atom. The first-order valence-corrected chi connectivity index (χ1v) is 6.94. The van der Waals surface area contributed by atoms with Crippen molar-refractivity contribution in [2.24, 2.45) is 17.6 Å². The Labute approximate surface area is 122 Å². The summed E-state index contributed by atoms with van der Waals surface area (Å²) < 4.78 is 0. The first-order valence-electron chi connectivity index (χ1n) is 6.56. The van der Waals surface area contributed by atoms with Crippen LogP contribution in [0.15, 0.2) is 18.2 Å². The van der Waals surface area contributed by atoms with Gasteiger partial charge in [-0.1, -0.05) is 18.0 Å². The number of nitrogens with two attached hydrogens (primary N) is 1. The van der Waals surface area contributed by atoms with E-state index in [0.29, 0.717) is 12.2 Å². The lowest BCUT2D eigenvalue weighted by Gasteiger charge is -2.17. The summed E-state index contributed by atoms with van der Waals surface area (Å²) in [5.74, 6) is -1.10. The molecule has 0 aromatic heterocycles. The van der Waals surface area contributed by atoms with Gasteiger partial charge < -0.3 is 16.2 Å². The molecule has 0 aliphatic heterocycles. The second-order valence-corrected chi connectivity index (χ2v) is 5.43. The molecule has 4 N–H and O–H groups in total. The van der Waals surface area contributed by atoms with Gasteiger partial charge in [0.25, 0.3) is 0 Å². The SMILES string of the molecule is NCC1CCCC1C(=O)Nc1ccc(Cl)c(C(=O)O)c1. The van der Waals surface area contributed by atoms with E-state index in [-0.39, 0.29) is 28.3 Å². The Bertz CT molecular complexity index is 533. The zero-order chi connectivity index (χ0) is 14.7. The third-order valence-corrected chi connectivity index (χ3v) is 4.09. The number of carboxylic acid groups (broad SMARTS) is 1. The van der Waals surface area contributed by atoms with Gasteiger partial charge in [-0.2, -0.15) is 0 Å². The number of hydrogen-bond donors (Lipinski definition) is 3. The Morgan fingerprint density at radius 2 is 2.15 bits per heavy atom. The molecule has 2 rings (SSSR count). The molecule has 0 spiro atoms. The number of carboxylic acids is 1. The quantitative estimate of drug-likeness (QED) is 0.795. The van der Waals surface area contributed by atoms with Crippen LogP contribution in [0, 0.1) is 11.8 Å². The Morgan fingerprint density at radius 1 is 1.40 bits per heavy atom. The van der Waals surface area contributed by atoms with E-state index in [1.54, 1.807) is 6.07 Å². The first-order chi connectivity index (χ1) is 9.52. The summed E-state index contributed by atoms with van der Waals surface area (Å²) in [6, 6.07) is 4.43. The van der Waals surface area contributed by atoms with Crippen LogP contribution in [-0.4, -0.2) is 23.5 Å². The van der Waals surface area contributed by atoms with Crippen molar-refractivity contribution in [3.05, 3.63) is 28.8 Å². The van der Waals surface area contributed by atoms with E-state index < -0.39 is 5.97 Å². The molecule has 2 unspecified atom stereocenters. The lowest BCUT2D eigenvalue weighted by atomic mass is 9.95. The van der Waals surface area contributed by atoms with Crippen molar-refractivity contribution in [3.8, 4) is 0 Å². The maximum atomic E-state index is 12.2. The second kappa shape index (κ2) is 6.24. The number of rotatable bonds is 4. The zero-order valence-electron chi connectivity index (χ0n) is 10.9. The summed E-state index contributed by atoms with van der Waals surface area (Å²) in [5, 5.41) is 11.9. The summed E-state index contributed by atoms with van der Waals surface area (Å²) in [6.45, 7) is 0.499. The van der Waals surface area contributed by atoms with E-state index in [2.05, 4.69) is 5.32 Å². The van der Waals surface area contributed by atoms with Crippen LogP contribution >= 0.6 is 11.6 Å². The fraction of sp³-hybridized carbons (Fsp3) is 0.429. The largest absolute Gasteiger partial charge is 0.478 e. The highest BCUT2D eigenvalue weighted by Gasteiger charge is 2.31. The maximum Gasteiger partial charge on any atom is 0.337 e. The normalized spacial score (nSPS) is 21.7. The highest BCUT2D eigenvalue weighted by Crippen LogP contribution is 2.32. The van der Waals surface area contributed by atoms with Gasteiger partial charge in [0.1, 0.15) is 0 Å². The second-order valence-electron chi connectivity index (χ2n) is 5.02. The standard InChI is InChI=1S/C14H17ClN2O3/c15-12-5-4-9(6-11(12)14(19)20)17-13(18)10-3-1-2-8(10)7-16/h4-6,8,10H,1-3,7,16H2,(H,17,18)(H,19,20). The number of benzene rings is 1. The van der Waals surface area contributed by atoms with Crippen molar-refractivity contribution in [1.29, 1.82) is 0 Å². The topological polar surface area (TPSA) is 92.4 Å². The number of carbonyl (C=O) groups excluding carboxylic acids is 1. The molecular weight excluding hydrogens is 280 g/mol. The number of nitrogens with one attached hydrogen (secondary N) is 1. The summed E-state index contributed by atoms with van der Waals surface area (Å²) in [7, 11) is 0. The number of amides is 1. The predicted molar refractivity (Wildman–Crippen MR) is 76.9 cm³/mol. The van der Waals surface area contributed by atoms with Gasteiger partial charge in [-0.25, -0.2) is 4.79 Å². The molecule has 1 aromatic carbocycles. The van der Waals surface area contributed by atoms with E-state index in [1.165, 1.54) is 12.1 Å². The number of hydrogen-bond acceptors (Lipinski definition) is 3. The van der Waals surface area contributed by atoms with Crippen LogP contribution in [0.1, 0.15) is 29.6 Å². The average Bonchev–Trinajstić information content (AvgIpc) is 2.89. The minimum absolute atomic E-state index is 0.0220. The van der Waals surface area contributed by atoms with Gasteiger partial charge in [-0.3, -0.25) is 4.79 Å². The van der Waals surface area contributed by atoms with Crippen molar-refractivity contribution in [2.75, 3.05) is 11.9 Å². The first kappa shape index (κ1) is 14.8. The number of halogens is 1. The van der Waals surface area contributed by atoms with Crippen LogP contribution in [0.25, 0.3) is 0 Å². The van der Waals surface area contributed by atoms with Crippen LogP contribution in [0.5, 0.6) is 0 Å². The lowest BCUT2D eigenvalue weighted by molar-refractivity contribution is -0.120. The molecule has 0 bridgehead atoms. The van der Waals surface area contributed by atoms with Gasteiger partial charge in [0, 0.05) is 11.6 Å². The smallest absolute Gasteiger partial charge is 0.337 e. The van der Waals surface area contributed by atoms with Gasteiger partial charge in [-0.15, -0.1) is 0 Å². The maximum absolute atomic E-state index is 12.2. The summed E-state index contributed by atoms with van der Waals surface area (Å²) in [5.41, 5.74) is 6.09. The molecule has 1 aliphatic carbocycles. The van der Waals surface area contributed by atoms with Crippen LogP contribution in [-0.2, 0) is 4.79 Å². The van der Waals surface area contributed by atoms with Gasteiger partial charge in [0.05, 0.1) is 10.6 Å². The number of aromatic carboxylic acids is 1. The molecule has 0 radical (unpaired) electrons. The molecule has 1 aromatic rings. The number of anilines is 1. The monoisotopic (exact) mass is 296 g/mol. The van der Waals surface area contributed by atoms with Crippen LogP contribution in [0.3, 0.4) is 0 Å².